The summed E-state index contributed by atoms with van der Waals surface area (Å²) in [5.74, 6) is 0.439. The lowest BCUT2D eigenvalue weighted by atomic mass is 10.1. The van der Waals surface area contributed by atoms with Gasteiger partial charge in [0.05, 0.1) is 11.4 Å². The van der Waals surface area contributed by atoms with Gasteiger partial charge >= 0.3 is 0 Å². The zero-order valence-electron chi connectivity index (χ0n) is 15.4. The van der Waals surface area contributed by atoms with Gasteiger partial charge in [-0.1, -0.05) is 27.7 Å². The molecule has 2 N–H and O–H groups in total. The van der Waals surface area contributed by atoms with Crippen LogP contribution in [0.4, 0.5) is 0 Å². The van der Waals surface area contributed by atoms with E-state index < -0.39 is 0 Å². The predicted octanol–water partition coefficient (Wildman–Crippen LogP) is 5.12. The van der Waals surface area contributed by atoms with Crippen LogP contribution in [0.25, 0.3) is 0 Å². The number of ketones is 2. The summed E-state index contributed by atoms with van der Waals surface area (Å²) >= 11 is 0. The van der Waals surface area contributed by atoms with Gasteiger partial charge in [0.15, 0.2) is 11.6 Å². The molecule has 2 heterocycles. The first-order valence-electron chi connectivity index (χ1n) is 8.97. The molecule has 2 aromatic heterocycles. The summed E-state index contributed by atoms with van der Waals surface area (Å²) in [7, 11) is 0. The molecule has 0 saturated heterocycles. The van der Waals surface area contributed by atoms with Gasteiger partial charge in [-0.05, 0) is 49.4 Å². The molecule has 4 nitrogen and oxygen atoms in total. The van der Waals surface area contributed by atoms with Crippen LogP contribution in [0.15, 0.2) is 24.4 Å². The maximum atomic E-state index is 11.3. The van der Waals surface area contributed by atoms with Crippen LogP contribution in [0, 0.1) is 0 Å². The molecule has 0 fully saturated rings. The van der Waals surface area contributed by atoms with Gasteiger partial charge in [-0.15, -0.1) is 0 Å². The third kappa shape index (κ3) is 6.19. The van der Waals surface area contributed by atoms with E-state index >= 15 is 0 Å². The van der Waals surface area contributed by atoms with E-state index in [0.29, 0.717) is 12.8 Å². The minimum atomic E-state index is 0.220. The zero-order chi connectivity index (χ0) is 17.9. The first-order chi connectivity index (χ1) is 11.5. The molecule has 2 aromatic rings. The van der Waals surface area contributed by atoms with E-state index in [0.717, 1.165) is 42.8 Å². The van der Waals surface area contributed by atoms with Crippen molar-refractivity contribution in [3.8, 4) is 0 Å². The van der Waals surface area contributed by atoms with Crippen LogP contribution in [0.1, 0.15) is 85.6 Å². The number of aromatic nitrogens is 2. The SMILES string of the molecule is CCCC(=O)c1cc(CC)c[nH]1.CCCC(=O)c1ccc(CC)[nH]1. The smallest absolute Gasteiger partial charge is 0.178 e. The molecule has 0 saturated carbocycles. The van der Waals surface area contributed by atoms with Crippen molar-refractivity contribution in [2.75, 3.05) is 0 Å². The highest BCUT2D eigenvalue weighted by Gasteiger charge is 2.06. The van der Waals surface area contributed by atoms with Gasteiger partial charge in [0.2, 0.25) is 0 Å². The fraction of sp³-hybridized carbons (Fsp3) is 0.500. The first kappa shape index (κ1) is 19.9. The van der Waals surface area contributed by atoms with Gasteiger partial charge in [0.25, 0.3) is 0 Å². The van der Waals surface area contributed by atoms with Gasteiger partial charge in [0, 0.05) is 24.7 Å². The van der Waals surface area contributed by atoms with Crippen molar-refractivity contribution in [3.05, 3.63) is 47.0 Å². The summed E-state index contributed by atoms with van der Waals surface area (Å²) in [5, 5.41) is 0. The summed E-state index contributed by atoms with van der Waals surface area (Å²) in [5.41, 5.74) is 3.85. The molecule has 24 heavy (non-hydrogen) atoms. The molecule has 0 aliphatic heterocycles. The van der Waals surface area contributed by atoms with Crippen molar-refractivity contribution >= 4 is 11.6 Å². The number of H-pyrrole nitrogens is 2. The molecule has 2 rings (SSSR count). The number of hydrogen-bond acceptors (Lipinski definition) is 2. The third-order valence-corrected chi connectivity index (χ3v) is 3.83. The largest absolute Gasteiger partial charge is 0.359 e. The second-order valence-electron chi connectivity index (χ2n) is 5.87. The number of rotatable bonds is 8. The second kappa shape index (κ2) is 10.6. The Hall–Kier alpha value is -2.10. The van der Waals surface area contributed by atoms with Gasteiger partial charge < -0.3 is 9.97 Å². The van der Waals surface area contributed by atoms with Crippen LogP contribution >= 0.6 is 0 Å². The molecule has 0 radical (unpaired) electrons. The number of aryl methyl sites for hydroxylation is 2. The molecule has 0 amide bonds. The highest BCUT2D eigenvalue weighted by atomic mass is 16.1. The third-order valence-electron chi connectivity index (χ3n) is 3.83. The van der Waals surface area contributed by atoms with Crippen LogP contribution in [-0.4, -0.2) is 21.5 Å². The first-order valence-corrected chi connectivity index (χ1v) is 8.97. The van der Waals surface area contributed by atoms with Gasteiger partial charge in [-0.2, -0.15) is 0 Å². The maximum absolute atomic E-state index is 11.3. The summed E-state index contributed by atoms with van der Waals surface area (Å²) in [4.78, 5) is 28.8. The second-order valence-corrected chi connectivity index (χ2v) is 5.87. The Morgan fingerprint density at radius 2 is 1.50 bits per heavy atom. The lowest BCUT2D eigenvalue weighted by Gasteiger charge is -1.93. The maximum Gasteiger partial charge on any atom is 0.178 e. The molecule has 132 valence electrons. The van der Waals surface area contributed by atoms with Crippen molar-refractivity contribution in [2.24, 2.45) is 0 Å². The molecule has 0 aliphatic rings. The van der Waals surface area contributed by atoms with Crippen molar-refractivity contribution in [3.63, 3.8) is 0 Å². The van der Waals surface area contributed by atoms with Crippen molar-refractivity contribution in [1.82, 2.24) is 9.97 Å². The monoisotopic (exact) mass is 330 g/mol. The van der Waals surface area contributed by atoms with Crippen molar-refractivity contribution < 1.29 is 9.59 Å². The van der Waals surface area contributed by atoms with E-state index in [1.54, 1.807) is 0 Å². The molecular weight excluding hydrogens is 300 g/mol. The Morgan fingerprint density at radius 1 is 0.875 bits per heavy atom. The summed E-state index contributed by atoms with van der Waals surface area (Å²) in [6.45, 7) is 8.18. The van der Waals surface area contributed by atoms with E-state index in [4.69, 9.17) is 0 Å². The number of aromatic amines is 2. The Labute approximate surface area is 145 Å². The molecule has 4 heteroatoms. The number of carbonyl (C=O) groups excluding carboxylic acids is 2. The Balaban J connectivity index is 0.000000240. The normalized spacial score (nSPS) is 10.2. The van der Waals surface area contributed by atoms with Gasteiger partial charge in [-0.25, -0.2) is 0 Å². The van der Waals surface area contributed by atoms with Crippen LogP contribution in [0.5, 0.6) is 0 Å². The molecule has 0 aromatic carbocycles. The van der Waals surface area contributed by atoms with Crippen LogP contribution in [-0.2, 0) is 12.8 Å². The lowest BCUT2D eigenvalue weighted by molar-refractivity contribution is 0.0969. The van der Waals surface area contributed by atoms with Gasteiger partial charge in [0.1, 0.15) is 0 Å². The number of nitrogens with one attached hydrogen (secondary N) is 2. The Bertz CT molecular complexity index is 581. The molecule has 0 unspecified atom stereocenters. The summed E-state index contributed by atoms with van der Waals surface area (Å²) in [6, 6.07) is 5.79. The standard InChI is InChI=1S/2C10H15NO/c1-3-5-10(12)9-6-8(4-2)7-11-9;1-3-5-10(12)9-7-6-8(4-2)11-9/h2*6-7,11H,3-5H2,1-2H3. The van der Waals surface area contributed by atoms with Gasteiger partial charge in [-0.3, -0.25) is 9.59 Å². The average molecular weight is 330 g/mol. The Kier molecular flexibility index (Phi) is 8.84. The molecule has 0 aliphatic carbocycles. The van der Waals surface area contributed by atoms with E-state index in [9.17, 15) is 9.59 Å². The zero-order valence-corrected chi connectivity index (χ0v) is 15.4. The number of hydrogen-bond donors (Lipinski definition) is 2. The molecule has 0 spiro atoms. The highest BCUT2D eigenvalue weighted by Crippen LogP contribution is 2.08. The Morgan fingerprint density at radius 3 is 1.96 bits per heavy atom. The average Bonchev–Trinajstić information content (AvgIpc) is 3.25. The minimum absolute atomic E-state index is 0.220. The molecule has 0 atom stereocenters. The van der Waals surface area contributed by atoms with E-state index in [1.165, 1.54) is 5.56 Å². The highest BCUT2D eigenvalue weighted by molar-refractivity contribution is 5.94. The fourth-order valence-electron chi connectivity index (χ4n) is 2.34. The van der Waals surface area contributed by atoms with Crippen LogP contribution in [0.3, 0.4) is 0 Å². The van der Waals surface area contributed by atoms with E-state index in [-0.39, 0.29) is 11.6 Å². The predicted molar refractivity (Wildman–Crippen MR) is 98.8 cm³/mol. The van der Waals surface area contributed by atoms with Crippen LogP contribution < -0.4 is 0 Å². The number of carbonyl (C=O) groups is 2. The van der Waals surface area contributed by atoms with E-state index in [2.05, 4.69) is 23.8 Å². The van der Waals surface area contributed by atoms with Crippen LogP contribution in [0.2, 0.25) is 0 Å². The van der Waals surface area contributed by atoms with E-state index in [1.807, 2.05) is 38.2 Å². The minimum Gasteiger partial charge on any atom is -0.359 e. The molecule has 0 bridgehead atoms. The quantitative estimate of drug-likeness (QED) is 0.660. The lowest BCUT2D eigenvalue weighted by Crippen LogP contribution is -1.98. The summed E-state index contributed by atoms with van der Waals surface area (Å²) in [6.07, 6.45) is 6.96. The van der Waals surface area contributed by atoms with Crippen molar-refractivity contribution in [2.45, 2.75) is 66.2 Å². The van der Waals surface area contributed by atoms with Crippen molar-refractivity contribution in [1.29, 1.82) is 0 Å². The number of Topliss-reactive ketones (excluding diaryl/α,β-unsaturated/α-hetero) is 2. The topological polar surface area (TPSA) is 65.7 Å². The fourth-order valence-corrected chi connectivity index (χ4v) is 2.34. The summed E-state index contributed by atoms with van der Waals surface area (Å²) < 4.78 is 0. The molecular formula is C20H30N2O2.